The first-order valence-electron chi connectivity index (χ1n) is 6.52. The van der Waals surface area contributed by atoms with Crippen LogP contribution in [0.25, 0.3) is 0 Å². The van der Waals surface area contributed by atoms with E-state index >= 15 is 0 Å². The summed E-state index contributed by atoms with van der Waals surface area (Å²) in [5, 5.41) is 6.52. The van der Waals surface area contributed by atoms with Crippen molar-refractivity contribution in [3.63, 3.8) is 0 Å². The zero-order chi connectivity index (χ0) is 13.9. The number of hydrogen-bond donors (Lipinski definition) is 2. The molecule has 1 aliphatic heterocycles. The number of nitrogens with zero attached hydrogens (tertiary/aromatic N) is 1. The molecular weight excluding hydrogens is 274 g/mol. The third kappa shape index (κ3) is 2.75. The van der Waals surface area contributed by atoms with Gasteiger partial charge in [0.05, 0.1) is 0 Å². The number of anilines is 2. The van der Waals surface area contributed by atoms with E-state index in [-0.39, 0.29) is 5.91 Å². The van der Waals surface area contributed by atoms with Crippen LogP contribution >= 0.6 is 11.6 Å². The number of aromatic nitrogens is 1. The first-order chi connectivity index (χ1) is 9.72. The fourth-order valence-corrected chi connectivity index (χ4v) is 2.46. The van der Waals surface area contributed by atoms with E-state index in [1.165, 1.54) is 11.8 Å². The van der Waals surface area contributed by atoms with Gasteiger partial charge in [0.25, 0.3) is 5.91 Å². The average molecular weight is 288 g/mol. The van der Waals surface area contributed by atoms with Gasteiger partial charge >= 0.3 is 0 Å². The van der Waals surface area contributed by atoms with E-state index in [0.717, 1.165) is 30.8 Å². The van der Waals surface area contributed by atoms with E-state index in [2.05, 4.69) is 21.7 Å². The minimum atomic E-state index is -0.190. The molecule has 1 aromatic heterocycles. The highest BCUT2D eigenvalue weighted by Gasteiger charge is 2.11. The Morgan fingerprint density at radius 2 is 2.20 bits per heavy atom. The molecule has 2 N–H and O–H groups in total. The largest absolute Gasteiger partial charge is 0.385 e. The van der Waals surface area contributed by atoms with Gasteiger partial charge in [-0.2, -0.15) is 0 Å². The maximum Gasteiger partial charge on any atom is 0.255 e. The van der Waals surface area contributed by atoms with Gasteiger partial charge in [0.2, 0.25) is 0 Å². The number of benzene rings is 1. The number of hydrogen-bond acceptors (Lipinski definition) is 3. The second-order valence-electron chi connectivity index (χ2n) is 4.72. The van der Waals surface area contributed by atoms with Crippen LogP contribution in [0.15, 0.2) is 36.5 Å². The normalized spacial score (nSPS) is 13.2. The predicted octanol–water partition coefficient (Wildman–Crippen LogP) is 3.35. The van der Waals surface area contributed by atoms with Crippen LogP contribution in [0.1, 0.15) is 22.3 Å². The number of aryl methyl sites for hydroxylation is 1. The minimum absolute atomic E-state index is 0.190. The summed E-state index contributed by atoms with van der Waals surface area (Å²) in [6, 6.07) is 9.13. The van der Waals surface area contributed by atoms with Gasteiger partial charge in [-0.1, -0.05) is 17.7 Å². The van der Waals surface area contributed by atoms with Gasteiger partial charge in [-0.25, -0.2) is 4.98 Å². The van der Waals surface area contributed by atoms with Crippen molar-refractivity contribution >= 4 is 28.9 Å². The highest BCUT2D eigenvalue weighted by atomic mass is 35.5. The summed E-state index contributed by atoms with van der Waals surface area (Å²) >= 11 is 5.79. The molecule has 102 valence electrons. The Morgan fingerprint density at radius 3 is 3.05 bits per heavy atom. The molecule has 0 saturated carbocycles. The maximum atomic E-state index is 12.1. The Balaban J connectivity index is 1.79. The van der Waals surface area contributed by atoms with Gasteiger partial charge in [0.15, 0.2) is 0 Å². The Morgan fingerprint density at radius 1 is 1.30 bits per heavy atom. The molecule has 4 nitrogen and oxygen atoms in total. The van der Waals surface area contributed by atoms with Crippen LogP contribution in [0, 0.1) is 0 Å². The molecule has 3 rings (SSSR count). The zero-order valence-corrected chi connectivity index (χ0v) is 11.6. The van der Waals surface area contributed by atoms with E-state index in [9.17, 15) is 4.79 Å². The standard InChI is InChI=1S/C15H14ClN3O/c16-14-8-11(5-7-18-14)15(20)19-12-4-3-10-2-1-6-17-13(10)9-12/h3-5,7-9,17H,1-2,6H2,(H,19,20). The lowest BCUT2D eigenvalue weighted by Gasteiger charge is -2.18. The topological polar surface area (TPSA) is 54.0 Å². The molecule has 0 saturated heterocycles. The minimum Gasteiger partial charge on any atom is -0.385 e. The predicted molar refractivity (Wildman–Crippen MR) is 80.5 cm³/mol. The molecule has 1 aromatic carbocycles. The van der Waals surface area contributed by atoms with Crippen LogP contribution in [0.5, 0.6) is 0 Å². The summed E-state index contributed by atoms with van der Waals surface area (Å²) in [4.78, 5) is 16.0. The summed E-state index contributed by atoms with van der Waals surface area (Å²) in [6.45, 7) is 0.977. The van der Waals surface area contributed by atoms with Gasteiger partial charge in [-0.15, -0.1) is 0 Å². The van der Waals surface area contributed by atoms with Crippen molar-refractivity contribution in [1.82, 2.24) is 4.98 Å². The Kier molecular flexibility index (Phi) is 3.56. The molecule has 1 aliphatic rings. The summed E-state index contributed by atoms with van der Waals surface area (Å²) < 4.78 is 0. The van der Waals surface area contributed by atoms with Gasteiger partial charge in [0, 0.05) is 29.7 Å². The Hall–Kier alpha value is -2.07. The molecule has 0 atom stereocenters. The number of amides is 1. The third-order valence-electron chi connectivity index (χ3n) is 3.29. The third-order valence-corrected chi connectivity index (χ3v) is 3.50. The molecule has 1 amide bonds. The lowest BCUT2D eigenvalue weighted by molar-refractivity contribution is 0.102. The van der Waals surface area contributed by atoms with E-state index in [1.807, 2.05) is 12.1 Å². The lowest BCUT2D eigenvalue weighted by atomic mass is 10.0. The molecule has 0 bridgehead atoms. The van der Waals surface area contributed by atoms with Crippen LogP contribution in [0.2, 0.25) is 5.15 Å². The van der Waals surface area contributed by atoms with Crippen molar-refractivity contribution in [3.8, 4) is 0 Å². The lowest BCUT2D eigenvalue weighted by Crippen LogP contribution is -2.14. The maximum absolute atomic E-state index is 12.1. The SMILES string of the molecule is O=C(Nc1ccc2c(c1)NCCC2)c1ccnc(Cl)c1. The number of rotatable bonds is 2. The molecule has 0 spiro atoms. The highest BCUT2D eigenvalue weighted by molar-refractivity contribution is 6.29. The van der Waals surface area contributed by atoms with E-state index in [1.54, 1.807) is 12.1 Å². The van der Waals surface area contributed by atoms with Crippen LogP contribution < -0.4 is 10.6 Å². The second kappa shape index (κ2) is 5.51. The van der Waals surface area contributed by atoms with E-state index in [0.29, 0.717) is 10.7 Å². The molecule has 0 unspecified atom stereocenters. The molecule has 20 heavy (non-hydrogen) atoms. The van der Waals surface area contributed by atoms with Gasteiger partial charge in [0.1, 0.15) is 5.15 Å². The number of carbonyl (C=O) groups is 1. The summed E-state index contributed by atoms with van der Waals surface area (Å²) in [6.07, 6.45) is 3.75. The number of nitrogens with one attached hydrogen (secondary N) is 2. The molecule has 0 fully saturated rings. The Labute approximate surface area is 122 Å². The van der Waals surface area contributed by atoms with Crippen molar-refractivity contribution in [2.24, 2.45) is 0 Å². The molecular formula is C15H14ClN3O. The quantitative estimate of drug-likeness (QED) is 0.833. The number of carbonyl (C=O) groups excluding carboxylic acids is 1. The fraction of sp³-hybridized carbons (Fsp3) is 0.200. The Bertz CT molecular complexity index is 657. The van der Waals surface area contributed by atoms with Crippen LogP contribution in [-0.2, 0) is 6.42 Å². The number of fused-ring (bicyclic) bond motifs is 1. The summed E-state index contributed by atoms with van der Waals surface area (Å²) in [7, 11) is 0. The smallest absolute Gasteiger partial charge is 0.255 e. The van der Waals surface area contributed by atoms with Gasteiger partial charge < -0.3 is 10.6 Å². The van der Waals surface area contributed by atoms with Gasteiger partial charge in [-0.05, 0) is 42.7 Å². The van der Waals surface area contributed by atoms with Crippen molar-refractivity contribution < 1.29 is 4.79 Å². The number of pyridine rings is 1. The fourth-order valence-electron chi connectivity index (χ4n) is 2.29. The molecule has 2 heterocycles. The van der Waals surface area contributed by atoms with Crippen LogP contribution in [0.4, 0.5) is 11.4 Å². The van der Waals surface area contributed by atoms with Crippen molar-refractivity contribution in [2.45, 2.75) is 12.8 Å². The van der Waals surface area contributed by atoms with Crippen LogP contribution in [0.3, 0.4) is 0 Å². The van der Waals surface area contributed by atoms with Crippen molar-refractivity contribution in [3.05, 3.63) is 52.8 Å². The first-order valence-corrected chi connectivity index (χ1v) is 6.90. The van der Waals surface area contributed by atoms with Gasteiger partial charge in [-0.3, -0.25) is 4.79 Å². The molecule has 2 aromatic rings. The first kappa shape index (κ1) is 12.9. The van der Waals surface area contributed by atoms with Crippen molar-refractivity contribution in [1.29, 1.82) is 0 Å². The van der Waals surface area contributed by atoms with Crippen molar-refractivity contribution in [2.75, 3.05) is 17.2 Å². The van der Waals surface area contributed by atoms with E-state index < -0.39 is 0 Å². The zero-order valence-electron chi connectivity index (χ0n) is 10.8. The molecule has 5 heteroatoms. The molecule has 0 radical (unpaired) electrons. The number of halogens is 1. The highest BCUT2D eigenvalue weighted by Crippen LogP contribution is 2.25. The van der Waals surface area contributed by atoms with Crippen LogP contribution in [-0.4, -0.2) is 17.4 Å². The average Bonchev–Trinajstić information content (AvgIpc) is 2.47. The molecule has 0 aliphatic carbocycles. The second-order valence-corrected chi connectivity index (χ2v) is 5.11. The monoisotopic (exact) mass is 287 g/mol. The summed E-state index contributed by atoms with van der Waals surface area (Å²) in [5.41, 5.74) is 3.66. The van der Waals surface area contributed by atoms with E-state index in [4.69, 9.17) is 11.6 Å². The summed E-state index contributed by atoms with van der Waals surface area (Å²) in [5.74, 6) is -0.190.